The Hall–Kier alpha value is -2.18. The number of sulfonamides is 1. The maximum Gasteiger partial charge on any atom is 0.240 e. The van der Waals surface area contributed by atoms with Crippen LogP contribution >= 0.6 is 0 Å². The second-order valence-corrected chi connectivity index (χ2v) is 8.46. The van der Waals surface area contributed by atoms with Crippen LogP contribution in [0.15, 0.2) is 53.4 Å². The van der Waals surface area contributed by atoms with E-state index in [1.165, 1.54) is 0 Å². The number of carbonyl (C=O) groups is 1. The van der Waals surface area contributed by atoms with Crippen molar-refractivity contribution in [1.82, 2.24) is 9.62 Å². The van der Waals surface area contributed by atoms with Crippen LogP contribution in [0.2, 0.25) is 0 Å². The first kappa shape index (κ1) is 21.1. The van der Waals surface area contributed by atoms with E-state index < -0.39 is 10.0 Å². The highest BCUT2D eigenvalue weighted by atomic mass is 32.2. The molecule has 0 saturated carbocycles. The third kappa shape index (κ3) is 6.19. The highest BCUT2D eigenvalue weighted by Crippen LogP contribution is 2.14. The van der Waals surface area contributed by atoms with Gasteiger partial charge in [0, 0.05) is 26.1 Å². The number of carbonyl (C=O) groups excluding carboxylic acids is 1. The van der Waals surface area contributed by atoms with Crippen LogP contribution in [0.3, 0.4) is 0 Å². The number of hydrogen-bond donors (Lipinski definition) is 1. The van der Waals surface area contributed by atoms with Crippen LogP contribution in [-0.2, 0) is 21.4 Å². The normalized spacial score (nSPS) is 11.4. The highest BCUT2D eigenvalue weighted by molar-refractivity contribution is 7.89. The maximum absolute atomic E-state index is 12.5. The molecule has 0 aliphatic carbocycles. The summed E-state index contributed by atoms with van der Waals surface area (Å²) in [6.45, 7) is 7.11. The fraction of sp³-hybridized carbons (Fsp3) is 0.381. The number of nitrogens with one attached hydrogen (secondary N) is 1. The standard InChI is InChI=1S/C21H28N2O3S/c1-4-14-23(16-19-8-6-5-7-9-19)21(24)12-13-22-27(25,26)20-11-10-17(2)18(3)15-20/h5-11,15,22H,4,12-14,16H2,1-3H3. The molecule has 0 bridgehead atoms. The van der Waals surface area contributed by atoms with Crippen molar-refractivity contribution in [2.75, 3.05) is 13.1 Å². The average Bonchev–Trinajstić information content (AvgIpc) is 2.64. The van der Waals surface area contributed by atoms with Gasteiger partial charge in [-0.25, -0.2) is 13.1 Å². The van der Waals surface area contributed by atoms with Gasteiger partial charge in [-0.2, -0.15) is 0 Å². The van der Waals surface area contributed by atoms with Crippen molar-refractivity contribution >= 4 is 15.9 Å². The minimum atomic E-state index is -3.61. The summed E-state index contributed by atoms with van der Waals surface area (Å²) in [5.41, 5.74) is 3.03. The van der Waals surface area contributed by atoms with Crippen LogP contribution in [0, 0.1) is 13.8 Å². The lowest BCUT2D eigenvalue weighted by Gasteiger charge is -2.22. The number of hydrogen-bond acceptors (Lipinski definition) is 3. The lowest BCUT2D eigenvalue weighted by atomic mass is 10.1. The smallest absolute Gasteiger partial charge is 0.240 e. The molecule has 0 fully saturated rings. The summed E-state index contributed by atoms with van der Waals surface area (Å²) in [6.07, 6.45) is 0.990. The number of benzene rings is 2. The Morgan fingerprint density at radius 1 is 1.04 bits per heavy atom. The molecular weight excluding hydrogens is 360 g/mol. The molecule has 0 unspecified atom stereocenters. The maximum atomic E-state index is 12.5. The summed E-state index contributed by atoms with van der Waals surface area (Å²) in [4.78, 5) is 14.6. The zero-order valence-electron chi connectivity index (χ0n) is 16.2. The molecule has 1 amide bonds. The summed E-state index contributed by atoms with van der Waals surface area (Å²) in [5.74, 6) is -0.0523. The third-order valence-corrected chi connectivity index (χ3v) is 5.94. The molecule has 0 heterocycles. The van der Waals surface area contributed by atoms with E-state index in [2.05, 4.69) is 4.72 Å². The van der Waals surface area contributed by atoms with Gasteiger partial charge in [0.2, 0.25) is 15.9 Å². The number of amides is 1. The molecule has 0 aliphatic rings. The van der Waals surface area contributed by atoms with Gasteiger partial charge in [-0.15, -0.1) is 0 Å². The average molecular weight is 389 g/mol. The summed E-state index contributed by atoms with van der Waals surface area (Å²) < 4.78 is 27.4. The Labute approximate surface area is 162 Å². The van der Waals surface area contributed by atoms with Crippen molar-refractivity contribution in [3.8, 4) is 0 Å². The Bertz CT molecular complexity index is 864. The van der Waals surface area contributed by atoms with E-state index >= 15 is 0 Å². The van der Waals surface area contributed by atoms with Crippen molar-refractivity contribution in [2.45, 2.75) is 45.1 Å². The topological polar surface area (TPSA) is 66.5 Å². The van der Waals surface area contributed by atoms with E-state index in [-0.39, 0.29) is 23.8 Å². The van der Waals surface area contributed by atoms with Crippen LogP contribution < -0.4 is 4.72 Å². The minimum absolute atomic E-state index is 0.0523. The van der Waals surface area contributed by atoms with E-state index in [0.29, 0.717) is 13.1 Å². The van der Waals surface area contributed by atoms with Crippen LogP contribution in [-0.4, -0.2) is 32.3 Å². The molecule has 5 nitrogen and oxygen atoms in total. The first-order valence-electron chi connectivity index (χ1n) is 9.22. The van der Waals surface area contributed by atoms with Gasteiger partial charge < -0.3 is 4.90 Å². The molecule has 1 N–H and O–H groups in total. The molecule has 0 spiro atoms. The SMILES string of the molecule is CCCN(Cc1ccccc1)C(=O)CCNS(=O)(=O)c1ccc(C)c(C)c1. The third-order valence-electron chi connectivity index (χ3n) is 4.48. The Morgan fingerprint density at radius 3 is 2.37 bits per heavy atom. The second-order valence-electron chi connectivity index (χ2n) is 6.69. The predicted octanol–water partition coefficient (Wildman–Crippen LogP) is 3.41. The molecule has 2 aromatic rings. The first-order chi connectivity index (χ1) is 12.8. The molecule has 0 aromatic heterocycles. The van der Waals surface area contributed by atoms with Gasteiger partial charge in [-0.05, 0) is 49.1 Å². The largest absolute Gasteiger partial charge is 0.338 e. The molecule has 27 heavy (non-hydrogen) atoms. The lowest BCUT2D eigenvalue weighted by molar-refractivity contribution is -0.131. The molecule has 6 heteroatoms. The van der Waals surface area contributed by atoms with Crippen LogP contribution in [0.25, 0.3) is 0 Å². The van der Waals surface area contributed by atoms with Crippen LogP contribution in [0.5, 0.6) is 0 Å². The van der Waals surface area contributed by atoms with E-state index in [0.717, 1.165) is 23.1 Å². The first-order valence-corrected chi connectivity index (χ1v) is 10.7. The summed E-state index contributed by atoms with van der Waals surface area (Å²) in [5, 5.41) is 0. The quantitative estimate of drug-likeness (QED) is 0.716. The summed E-state index contributed by atoms with van der Waals surface area (Å²) in [7, 11) is -3.61. The Balaban J connectivity index is 1.95. The van der Waals surface area contributed by atoms with Gasteiger partial charge in [-0.1, -0.05) is 43.3 Å². The van der Waals surface area contributed by atoms with E-state index in [1.807, 2.05) is 51.1 Å². The number of rotatable bonds is 9. The molecule has 0 atom stereocenters. The van der Waals surface area contributed by atoms with Crippen molar-refractivity contribution in [3.05, 3.63) is 65.2 Å². The number of nitrogens with zero attached hydrogens (tertiary/aromatic N) is 1. The zero-order chi connectivity index (χ0) is 19.9. The monoisotopic (exact) mass is 388 g/mol. The molecule has 146 valence electrons. The van der Waals surface area contributed by atoms with Gasteiger partial charge in [-0.3, -0.25) is 4.79 Å². The summed E-state index contributed by atoms with van der Waals surface area (Å²) >= 11 is 0. The zero-order valence-corrected chi connectivity index (χ0v) is 17.1. The Kier molecular flexibility index (Phi) is 7.56. The predicted molar refractivity (Wildman–Crippen MR) is 108 cm³/mol. The molecule has 2 rings (SSSR count). The molecule has 2 aromatic carbocycles. The lowest BCUT2D eigenvalue weighted by Crippen LogP contribution is -2.34. The van der Waals surface area contributed by atoms with Crippen molar-refractivity contribution in [1.29, 1.82) is 0 Å². The van der Waals surface area contributed by atoms with Crippen LogP contribution in [0.1, 0.15) is 36.5 Å². The van der Waals surface area contributed by atoms with Gasteiger partial charge >= 0.3 is 0 Å². The van der Waals surface area contributed by atoms with Gasteiger partial charge in [0.1, 0.15) is 0 Å². The van der Waals surface area contributed by atoms with Crippen molar-refractivity contribution in [2.24, 2.45) is 0 Å². The van der Waals surface area contributed by atoms with Gasteiger partial charge in [0.15, 0.2) is 0 Å². The Morgan fingerprint density at radius 2 is 1.74 bits per heavy atom. The van der Waals surface area contributed by atoms with Gasteiger partial charge in [0.05, 0.1) is 4.90 Å². The molecule has 0 aliphatic heterocycles. The molecule has 0 radical (unpaired) electrons. The molecule has 0 saturated heterocycles. The van der Waals surface area contributed by atoms with Gasteiger partial charge in [0.25, 0.3) is 0 Å². The van der Waals surface area contributed by atoms with Crippen molar-refractivity contribution < 1.29 is 13.2 Å². The number of aryl methyl sites for hydroxylation is 2. The minimum Gasteiger partial charge on any atom is -0.338 e. The van der Waals surface area contributed by atoms with Crippen LogP contribution in [0.4, 0.5) is 0 Å². The van der Waals surface area contributed by atoms with E-state index in [4.69, 9.17) is 0 Å². The second kappa shape index (κ2) is 9.67. The van der Waals surface area contributed by atoms with E-state index in [9.17, 15) is 13.2 Å². The fourth-order valence-electron chi connectivity index (χ4n) is 2.78. The fourth-order valence-corrected chi connectivity index (χ4v) is 3.90. The molecular formula is C21H28N2O3S. The van der Waals surface area contributed by atoms with E-state index in [1.54, 1.807) is 23.1 Å². The highest BCUT2D eigenvalue weighted by Gasteiger charge is 2.17. The summed E-state index contributed by atoms with van der Waals surface area (Å²) in [6, 6.07) is 14.8. The van der Waals surface area contributed by atoms with Crippen molar-refractivity contribution in [3.63, 3.8) is 0 Å².